The molecule has 0 heterocycles. The molecule has 0 fully saturated rings. The normalized spacial score (nSPS) is 12.5. The second-order valence-electron chi connectivity index (χ2n) is 20.9. The number of carbonyl (C=O) groups excluding carboxylic acids is 3. The van der Waals surface area contributed by atoms with Crippen LogP contribution >= 0.6 is 0 Å². The SMILES string of the molecule is CC/C=C\C/C=C\C/C=C\C/C=C\CCCCCCCCCCCCC(=O)OCC(COC(=O)CCCCCCCCCCCCCCCCCC)OC(=O)CCCCCCC/C=C\C/C=C\CCCCCC. The second-order valence-corrected chi connectivity index (χ2v) is 20.9. The van der Waals surface area contributed by atoms with Crippen molar-refractivity contribution < 1.29 is 28.6 Å². The van der Waals surface area contributed by atoms with Gasteiger partial charge in [0.05, 0.1) is 0 Å². The quantitative estimate of drug-likeness (QED) is 0.0261. The van der Waals surface area contributed by atoms with E-state index in [1.54, 1.807) is 0 Å². The number of unbranched alkanes of at least 4 members (excludes halogenated alkanes) is 34. The molecular weight excluding hydrogens is 901 g/mol. The Hall–Kier alpha value is -3.15. The fraction of sp³-hybridized carbons (Fsp3) is 0.776. The van der Waals surface area contributed by atoms with Crippen molar-refractivity contribution in [1.82, 2.24) is 0 Å². The first-order valence-corrected chi connectivity index (χ1v) is 31.4. The van der Waals surface area contributed by atoms with Gasteiger partial charge in [-0.1, -0.05) is 280 Å². The summed E-state index contributed by atoms with van der Waals surface area (Å²) in [5, 5.41) is 0. The molecule has 0 aromatic rings. The van der Waals surface area contributed by atoms with E-state index in [9.17, 15) is 14.4 Å². The number of allylic oxidation sites excluding steroid dienone is 12. The zero-order valence-electron chi connectivity index (χ0n) is 48.4. The van der Waals surface area contributed by atoms with Crippen LogP contribution in [0.2, 0.25) is 0 Å². The average molecular weight is 1020 g/mol. The summed E-state index contributed by atoms with van der Waals surface area (Å²) < 4.78 is 16.9. The summed E-state index contributed by atoms with van der Waals surface area (Å²) in [7, 11) is 0. The largest absolute Gasteiger partial charge is 0.462 e. The lowest BCUT2D eigenvalue weighted by Gasteiger charge is -2.18. The maximum absolute atomic E-state index is 12.9. The summed E-state index contributed by atoms with van der Waals surface area (Å²) in [6, 6.07) is 0. The summed E-state index contributed by atoms with van der Waals surface area (Å²) in [5.74, 6) is -0.882. The van der Waals surface area contributed by atoms with Crippen LogP contribution < -0.4 is 0 Å². The molecule has 6 heteroatoms. The van der Waals surface area contributed by atoms with E-state index >= 15 is 0 Å². The molecule has 0 aromatic carbocycles. The van der Waals surface area contributed by atoms with Crippen LogP contribution in [0.5, 0.6) is 0 Å². The van der Waals surface area contributed by atoms with E-state index in [0.717, 1.165) is 109 Å². The third-order valence-corrected chi connectivity index (χ3v) is 13.7. The molecule has 0 aliphatic rings. The van der Waals surface area contributed by atoms with Crippen LogP contribution in [-0.2, 0) is 28.6 Å². The molecule has 0 aromatic heterocycles. The van der Waals surface area contributed by atoms with Crippen molar-refractivity contribution in [3.8, 4) is 0 Å². The lowest BCUT2D eigenvalue weighted by Crippen LogP contribution is -2.30. The number of carbonyl (C=O) groups is 3. The lowest BCUT2D eigenvalue weighted by molar-refractivity contribution is -0.167. The first-order chi connectivity index (χ1) is 36.0. The molecule has 0 aliphatic carbocycles. The number of rotatable bonds is 57. The van der Waals surface area contributed by atoms with Gasteiger partial charge in [0.2, 0.25) is 0 Å². The van der Waals surface area contributed by atoms with Crippen molar-refractivity contribution in [3.63, 3.8) is 0 Å². The molecule has 0 amide bonds. The van der Waals surface area contributed by atoms with Crippen LogP contribution in [0, 0.1) is 0 Å². The van der Waals surface area contributed by atoms with Gasteiger partial charge in [-0.05, 0) is 89.9 Å². The molecule has 0 bridgehead atoms. The van der Waals surface area contributed by atoms with Gasteiger partial charge < -0.3 is 14.2 Å². The van der Waals surface area contributed by atoms with Gasteiger partial charge >= 0.3 is 17.9 Å². The van der Waals surface area contributed by atoms with Crippen molar-refractivity contribution in [3.05, 3.63) is 72.9 Å². The van der Waals surface area contributed by atoms with Gasteiger partial charge in [0.15, 0.2) is 6.10 Å². The first kappa shape index (κ1) is 69.8. The smallest absolute Gasteiger partial charge is 0.306 e. The number of hydrogen-bond donors (Lipinski definition) is 0. The minimum atomic E-state index is -0.784. The van der Waals surface area contributed by atoms with Crippen molar-refractivity contribution in [1.29, 1.82) is 0 Å². The molecule has 0 radical (unpaired) electrons. The number of ether oxygens (including phenoxy) is 3. The zero-order valence-corrected chi connectivity index (χ0v) is 48.4. The highest BCUT2D eigenvalue weighted by molar-refractivity contribution is 5.71. The van der Waals surface area contributed by atoms with Crippen LogP contribution in [0.25, 0.3) is 0 Å². The van der Waals surface area contributed by atoms with E-state index in [1.165, 1.54) is 167 Å². The van der Waals surface area contributed by atoms with Gasteiger partial charge in [0.1, 0.15) is 13.2 Å². The van der Waals surface area contributed by atoms with Gasteiger partial charge in [0, 0.05) is 19.3 Å². The molecule has 0 saturated carbocycles. The van der Waals surface area contributed by atoms with Gasteiger partial charge in [-0.15, -0.1) is 0 Å². The summed E-state index contributed by atoms with van der Waals surface area (Å²) in [5.41, 5.74) is 0. The average Bonchev–Trinajstić information content (AvgIpc) is 3.39. The maximum Gasteiger partial charge on any atom is 0.306 e. The zero-order chi connectivity index (χ0) is 52.9. The van der Waals surface area contributed by atoms with E-state index in [0.29, 0.717) is 19.3 Å². The van der Waals surface area contributed by atoms with Gasteiger partial charge in [0.25, 0.3) is 0 Å². The van der Waals surface area contributed by atoms with Crippen LogP contribution in [0.1, 0.15) is 316 Å². The number of hydrogen-bond acceptors (Lipinski definition) is 6. The summed E-state index contributed by atoms with van der Waals surface area (Å²) >= 11 is 0. The molecule has 0 N–H and O–H groups in total. The molecule has 0 saturated heterocycles. The minimum Gasteiger partial charge on any atom is -0.462 e. The molecule has 73 heavy (non-hydrogen) atoms. The Bertz CT molecular complexity index is 1360. The molecule has 6 nitrogen and oxygen atoms in total. The Kier molecular flexibility index (Phi) is 58.7. The molecule has 0 rings (SSSR count). The van der Waals surface area contributed by atoms with Crippen LogP contribution in [0.15, 0.2) is 72.9 Å². The third-order valence-electron chi connectivity index (χ3n) is 13.7. The minimum absolute atomic E-state index is 0.0791. The topological polar surface area (TPSA) is 78.9 Å². The predicted octanol–water partition coefficient (Wildman–Crippen LogP) is 21.3. The van der Waals surface area contributed by atoms with Crippen molar-refractivity contribution in [2.75, 3.05) is 13.2 Å². The van der Waals surface area contributed by atoms with E-state index in [1.807, 2.05) is 0 Å². The van der Waals surface area contributed by atoms with Gasteiger partial charge in [-0.3, -0.25) is 14.4 Å². The first-order valence-electron chi connectivity index (χ1n) is 31.4. The summed E-state index contributed by atoms with van der Waals surface area (Å²) in [6.07, 6.45) is 79.0. The van der Waals surface area contributed by atoms with Crippen molar-refractivity contribution >= 4 is 17.9 Å². The van der Waals surface area contributed by atoms with Gasteiger partial charge in [-0.2, -0.15) is 0 Å². The monoisotopic (exact) mass is 1020 g/mol. The number of esters is 3. The Morgan fingerprint density at radius 3 is 0.849 bits per heavy atom. The molecule has 1 atom stereocenters. The fourth-order valence-electron chi connectivity index (χ4n) is 9.00. The standard InChI is InChI=1S/C67H118O6/c1-4-7-10-13-16-19-22-25-28-31-32-33-34-35-36-37-40-42-45-48-51-54-57-60-66(69)72-63-64(73-67(70)61-58-55-52-49-46-43-39-30-27-24-21-18-15-12-9-6-3)62-71-65(68)59-56-53-50-47-44-41-38-29-26-23-20-17-14-11-8-5-2/h7,10,16,19,21,24-25,28,30,32-33,39,64H,4-6,8-9,11-15,17-18,20,22-23,26-27,29,31,34-38,40-63H2,1-3H3/b10-7-,19-16-,24-21-,28-25-,33-32-,39-30-. The van der Waals surface area contributed by atoms with E-state index in [2.05, 4.69) is 93.7 Å². The molecule has 0 aliphatic heterocycles. The highest BCUT2D eigenvalue weighted by atomic mass is 16.6. The molecule has 1 unspecified atom stereocenters. The second kappa shape index (κ2) is 61.4. The fourth-order valence-corrected chi connectivity index (χ4v) is 9.00. The van der Waals surface area contributed by atoms with E-state index in [4.69, 9.17) is 14.2 Å². The van der Waals surface area contributed by atoms with E-state index in [-0.39, 0.29) is 31.1 Å². The lowest BCUT2D eigenvalue weighted by atomic mass is 10.0. The van der Waals surface area contributed by atoms with Crippen molar-refractivity contribution in [2.24, 2.45) is 0 Å². The van der Waals surface area contributed by atoms with E-state index < -0.39 is 6.10 Å². The molecular formula is C67H118O6. The van der Waals surface area contributed by atoms with Crippen LogP contribution in [-0.4, -0.2) is 37.2 Å². The summed E-state index contributed by atoms with van der Waals surface area (Å²) in [4.78, 5) is 38.3. The predicted molar refractivity (Wildman–Crippen MR) is 316 cm³/mol. The Morgan fingerprint density at radius 2 is 0.534 bits per heavy atom. The third kappa shape index (κ3) is 59.6. The highest BCUT2D eigenvalue weighted by Crippen LogP contribution is 2.17. The Labute approximate surface area is 453 Å². The Balaban J connectivity index is 4.35. The Morgan fingerprint density at radius 1 is 0.288 bits per heavy atom. The van der Waals surface area contributed by atoms with Crippen LogP contribution in [0.3, 0.4) is 0 Å². The molecule has 0 spiro atoms. The summed E-state index contributed by atoms with van der Waals surface area (Å²) in [6.45, 7) is 6.54. The molecule has 422 valence electrons. The highest BCUT2D eigenvalue weighted by Gasteiger charge is 2.19. The van der Waals surface area contributed by atoms with Crippen LogP contribution in [0.4, 0.5) is 0 Å². The maximum atomic E-state index is 12.9. The van der Waals surface area contributed by atoms with Gasteiger partial charge in [-0.25, -0.2) is 0 Å². The van der Waals surface area contributed by atoms with Crippen molar-refractivity contribution in [2.45, 2.75) is 322 Å².